The summed E-state index contributed by atoms with van der Waals surface area (Å²) in [7, 11) is 0. The molecular formula is C16H14ClNO3. The van der Waals surface area contributed by atoms with Crippen molar-refractivity contribution in [2.24, 2.45) is 0 Å². The van der Waals surface area contributed by atoms with E-state index in [1.807, 2.05) is 0 Å². The predicted octanol–water partition coefficient (Wildman–Crippen LogP) is 3.56. The summed E-state index contributed by atoms with van der Waals surface area (Å²) in [4.78, 5) is 23.0. The second-order valence-corrected chi connectivity index (χ2v) is 4.85. The fourth-order valence-corrected chi connectivity index (χ4v) is 1.93. The van der Waals surface area contributed by atoms with E-state index in [0.717, 1.165) is 0 Å². The van der Waals surface area contributed by atoms with Crippen molar-refractivity contribution in [1.82, 2.24) is 0 Å². The van der Waals surface area contributed by atoms with Crippen LogP contribution in [-0.4, -0.2) is 18.3 Å². The lowest BCUT2D eigenvalue weighted by atomic mass is 10.2. The van der Waals surface area contributed by atoms with Crippen LogP contribution in [0.15, 0.2) is 48.5 Å². The molecular weight excluding hydrogens is 290 g/mol. The van der Waals surface area contributed by atoms with Gasteiger partial charge in [-0.1, -0.05) is 29.8 Å². The number of hydrogen-bond acceptors (Lipinski definition) is 3. The van der Waals surface area contributed by atoms with Crippen LogP contribution in [0.3, 0.4) is 0 Å². The van der Waals surface area contributed by atoms with Gasteiger partial charge in [-0.3, -0.25) is 9.59 Å². The topological polar surface area (TPSA) is 55.4 Å². The Labute approximate surface area is 127 Å². The molecule has 0 radical (unpaired) electrons. The van der Waals surface area contributed by atoms with Crippen LogP contribution in [-0.2, 0) is 4.79 Å². The third kappa shape index (κ3) is 4.07. The smallest absolute Gasteiger partial charge is 0.265 e. The van der Waals surface area contributed by atoms with Gasteiger partial charge < -0.3 is 10.1 Å². The fourth-order valence-electron chi connectivity index (χ4n) is 1.74. The van der Waals surface area contributed by atoms with Crippen LogP contribution in [0.4, 0.5) is 5.69 Å². The Morgan fingerprint density at radius 3 is 2.71 bits per heavy atom. The number of aldehydes is 1. The quantitative estimate of drug-likeness (QED) is 0.859. The lowest BCUT2D eigenvalue weighted by Crippen LogP contribution is -2.30. The summed E-state index contributed by atoms with van der Waals surface area (Å²) in [6.45, 7) is 1.61. The molecule has 1 amide bonds. The van der Waals surface area contributed by atoms with Gasteiger partial charge in [-0.15, -0.1) is 0 Å². The number of amides is 1. The zero-order valence-corrected chi connectivity index (χ0v) is 12.1. The summed E-state index contributed by atoms with van der Waals surface area (Å²) in [6.07, 6.45) is -0.0539. The largest absolute Gasteiger partial charge is 0.480 e. The molecule has 0 spiro atoms. The molecule has 4 nitrogen and oxygen atoms in total. The van der Waals surface area contributed by atoms with Gasteiger partial charge in [0.15, 0.2) is 12.4 Å². The number of anilines is 1. The first-order chi connectivity index (χ1) is 10.1. The van der Waals surface area contributed by atoms with Crippen LogP contribution >= 0.6 is 11.6 Å². The Hall–Kier alpha value is -2.33. The second-order valence-electron chi connectivity index (χ2n) is 4.42. The van der Waals surface area contributed by atoms with Crippen LogP contribution < -0.4 is 10.1 Å². The number of carbonyl (C=O) groups is 2. The molecule has 0 aliphatic rings. The van der Waals surface area contributed by atoms with Gasteiger partial charge in [0.2, 0.25) is 0 Å². The van der Waals surface area contributed by atoms with Crippen LogP contribution in [0.1, 0.15) is 17.3 Å². The minimum atomic E-state index is -0.745. The third-order valence-corrected chi connectivity index (χ3v) is 3.05. The molecule has 0 heterocycles. The van der Waals surface area contributed by atoms with Gasteiger partial charge in [-0.05, 0) is 37.3 Å². The first kappa shape index (κ1) is 15.1. The molecule has 0 fully saturated rings. The normalized spacial score (nSPS) is 11.5. The number of ether oxygens (including phenoxy) is 1. The minimum absolute atomic E-state index is 0.321. The van der Waals surface area contributed by atoms with Gasteiger partial charge in [0.1, 0.15) is 5.75 Å². The van der Waals surface area contributed by atoms with E-state index in [9.17, 15) is 9.59 Å². The first-order valence-electron chi connectivity index (χ1n) is 6.37. The summed E-state index contributed by atoms with van der Waals surface area (Å²) >= 11 is 5.86. The van der Waals surface area contributed by atoms with Crippen molar-refractivity contribution in [2.45, 2.75) is 13.0 Å². The molecule has 21 heavy (non-hydrogen) atoms. The van der Waals surface area contributed by atoms with E-state index >= 15 is 0 Å². The van der Waals surface area contributed by atoms with Crippen molar-refractivity contribution < 1.29 is 14.3 Å². The highest BCUT2D eigenvalue weighted by Crippen LogP contribution is 2.19. The van der Waals surface area contributed by atoms with Crippen LogP contribution in [0.2, 0.25) is 5.02 Å². The number of halogens is 1. The summed E-state index contributed by atoms with van der Waals surface area (Å²) in [5, 5.41) is 3.24. The molecule has 2 rings (SSSR count). The number of benzene rings is 2. The fraction of sp³-hybridized carbons (Fsp3) is 0.125. The Kier molecular flexibility index (Phi) is 4.95. The number of nitrogens with one attached hydrogen (secondary N) is 1. The summed E-state index contributed by atoms with van der Waals surface area (Å²) in [6, 6.07) is 13.6. The summed E-state index contributed by atoms with van der Waals surface area (Å²) < 4.78 is 5.52. The van der Waals surface area contributed by atoms with Crippen molar-refractivity contribution >= 4 is 29.5 Å². The molecule has 0 bridgehead atoms. The summed E-state index contributed by atoms with van der Waals surface area (Å²) in [5.41, 5.74) is 0.992. The number of carbonyl (C=O) groups excluding carboxylic acids is 2. The SMILES string of the molecule is C[C@@H](Oc1ccccc1C=O)C(=O)Nc1cccc(Cl)c1. The average molecular weight is 304 g/mol. The van der Waals surface area contributed by atoms with E-state index in [1.165, 1.54) is 0 Å². The van der Waals surface area contributed by atoms with E-state index in [0.29, 0.717) is 28.3 Å². The Morgan fingerprint density at radius 1 is 1.24 bits per heavy atom. The first-order valence-corrected chi connectivity index (χ1v) is 6.75. The highest BCUT2D eigenvalue weighted by molar-refractivity contribution is 6.30. The lowest BCUT2D eigenvalue weighted by molar-refractivity contribution is -0.122. The Morgan fingerprint density at radius 2 is 2.00 bits per heavy atom. The lowest BCUT2D eigenvalue weighted by Gasteiger charge is -2.15. The molecule has 2 aromatic rings. The van der Waals surface area contributed by atoms with Crippen molar-refractivity contribution in [1.29, 1.82) is 0 Å². The maximum atomic E-state index is 12.1. The van der Waals surface area contributed by atoms with E-state index in [1.54, 1.807) is 55.5 Å². The molecule has 0 aromatic heterocycles. The molecule has 5 heteroatoms. The molecule has 0 unspecified atom stereocenters. The highest BCUT2D eigenvalue weighted by Gasteiger charge is 2.16. The van der Waals surface area contributed by atoms with Gasteiger partial charge >= 0.3 is 0 Å². The van der Waals surface area contributed by atoms with Crippen LogP contribution in [0.25, 0.3) is 0 Å². The second kappa shape index (κ2) is 6.90. The monoisotopic (exact) mass is 303 g/mol. The zero-order valence-electron chi connectivity index (χ0n) is 11.4. The molecule has 1 N–H and O–H groups in total. The molecule has 0 saturated carbocycles. The number of para-hydroxylation sites is 1. The molecule has 108 valence electrons. The highest BCUT2D eigenvalue weighted by atomic mass is 35.5. The molecule has 0 aliphatic carbocycles. The van der Waals surface area contributed by atoms with Gasteiger partial charge in [0.25, 0.3) is 5.91 Å². The minimum Gasteiger partial charge on any atom is -0.480 e. The average Bonchev–Trinajstić information content (AvgIpc) is 2.47. The van der Waals surface area contributed by atoms with Gasteiger partial charge in [0, 0.05) is 10.7 Å². The molecule has 0 saturated heterocycles. The van der Waals surface area contributed by atoms with Crippen molar-refractivity contribution in [3.05, 3.63) is 59.1 Å². The Balaban J connectivity index is 2.04. The van der Waals surface area contributed by atoms with Gasteiger partial charge in [0.05, 0.1) is 5.56 Å². The molecule has 0 aliphatic heterocycles. The van der Waals surface area contributed by atoms with Crippen molar-refractivity contribution in [2.75, 3.05) is 5.32 Å². The number of hydrogen-bond donors (Lipinski definition) is 1. The van der Waals surface area contributed by atoms with E-state index < -0.39 is 6.10 Å². The van der Waals surface area contributed by atoms with E-state index in [2.05, 4.69) is 5.32 Å². The van der Waals surface area contributed by atoms with Crippen molar-refractivity contribution in [3.8, 4) is 5.75 Å². The molecule has 2 aromatic carbocycles. The predicted molar refractivity (Wildman–Crippen MR) is 82.0 cm³/mol. The number of rotatable bonds is 5. The standard InChI is InChI=1S/C16H14ClNO3/c1-11(21-15-8-3-2-5-12(15)10-19)16(20)18-14-7-4-6-13(17)9-14/h2-11H,1H3,(H,18,20)/t11-/m1/s1. The zero-order chi connectivity index (χ0) is 15.2. The van der Waals surface area contributed by atoms with Gasteiger partial charge in [-0.25, -0.2) is 0 Å². The Bertz CT molecular complexity index is 657. The summed E-state index contributed by atoms with van der Waals surface area (Å²) in [5.74, 6) is 0.0548. The van der Waals surface area contributed by atoms with E-state index in [4.69, 9.17) is 16.3 Å². The molecule has 1 atom stereocenters. The van der Waals surface area contributed by atoms with Crippen LogP contribution in [0.5, 0.6) is 5.75 Å². The third-order valence-electron chi connectivity index (χ3n) is 2.81. The maximum absolute atomic E-state index is 12.1. The maximum Gasteiger partial charge on any atom is 0.265 e. The van der Waals surface area contributed by atoms with Crippen molar-refractivity contribution in [3.63, 3.8) is 0 Å². The van der Waals surface area contributed by atoms with Gasteiger partial charge in [-0.2, -0.15) is 0 Å². The van der Waals surface area contributed by atoms with E-state index in [-0.39, 0.29) is 5.91 Å². The van der Waals surface area contributed by atoms with Crippen LogP contribution in [0, 0.1) is 0 Å².